The van der Waals surface area contributed by atoms with Gasteiger partial charge in [-0.3, -0.25) is 14.4 Å². The third kappa shape index (κ3) is 9.44. The number of phenolic OH excluding ortho intramolecular Hbond substituents is 1. The van der Waals surface area contributed by atoms with E-state index in [1.54, 1.807) is 24.3 Å². The minimum absolute atomic E-state index is 0.0220. The van der Waals surface area contributed by atoms with Crippen LogP contribution in [0.15, 0.2) is 66.7 Å². The standard InChI is InChI=1S/C40H47Cl2N5O6/c1-5-23(3)33(36(49)43-21-25-12-14-28(48)15-13-25)45-38(51)40(17-16-32-30(20-40)29-18-27(41)19-31(42)35(29)44-32)47-37(50)34(24(4)6-2)46-39(52)53-22-26-10-8-7-9-11-26/h7-15,18-19,23-24,33-34,44,48H,5-6,16-17,20-22H2,1-4H3,(H,43,49)(H,45,51)(H,46,52)(H,47,50)/t23-,24?,33-,34?,40-/m0/s1. The number of aromatic hydroxyl groups is 1. The SMILES string of the molecule is CCC(C)C(NC(=O)OCc1ccccc1)C(=O)N[C@@]1(C(=O)N[C@H](C(=O)NCc2ccc(O)cc2)[C@@H](C)CC)CCc2[nH]c3c(Cl)cc(Cl)cc3c2C1. The van der Waals surface area contributed by atoms with E-state index in [0.29, 0.717) is 34.8 Å². The van der Waals surface area contributed by atoms with Crippen molar-refractivity contribution in [3.8, 4) is 5.75 Å². The predicted molar refractivity (Wildman–Crippen MR) is 206 cm³/mol. The second-order valence-corrected chi connectivity index (χ2v) is 14.8. The Morgan fingerprint density at radius 2 is 1.55 bits per heavy atom. The van der Waals surface area contributed by atoms with Crippen LogP contribution in [0.3, 0.4) is 0 Å². The van der Waals surface area contributed by atoms with E-state index in [-0.39, 0.29) is 49.5 Å². The zero-order valence-electron chi connectivity index (χ0n) is 30.4. The van der Waals surface area contributed by atoms with Gasteiger partial charge in [-0.15, -0.1) is 0 Å². The van der Waals surface area contributed by atoms with E-state index < -0.39 is 35.5 Å². The summed E-state index contributed by atoms with van der Waals surface area (Å²) >= 11 is 13.0. The number of benzene rings is 3. The molecule has 0 bridgehead atoms. The molecule has 0 spiro atoms. The highest BCUT2D eigenvalue weighted by atomic mass is 35.5. The number of aromatic amines is 1. The van der Waals surface area contributed by atoms with E-state index in [4.69, 9.17) is 27.9 Å². The van der Waals surface area contributed by atoms with Crippen molar-refractivity contribution in [3.05, 3.63) is 99.2 Å². The number of alkyl carbamates (subject to hydrolysis) is 1. The van der Waals surface area contributed by atoms with Gasteiger partial charge in [-0.25, -0.2) is 4.79 Å². The fourth-order valence-electron chi connectivity index (χ4n) is 6.63. The fraction of sp³-hybridized carbons (Fsp3) is 0.400. The summed E-state index contributed by atoms with van der Waals surface area (Å²) in [4.78, 5) is 59.2. The summed E-state index contributed by atoms with van der Waals surface area (Å²) < 4.78 is 5.46. The molecule has 1 aliphatic rings. The van der Waals surface area contributed by atoms with E-state index in [2.05, 4.69) is 26.3 Å². The molecule has 0 fully saturated rings. The molecule has 5 rings (SSSR count). The molecule has 1 aromatic heterocycles. The first-order valence-electron chi connectivity index (χ1n) is 18.0. The third-order valence-corrected chi connectivity index (χ3v) is 10.8. The van der Waals surface area contributed by atoms with Crippen molar-refractivity contribution < 1.29 is 29.0 Å². The molecule has 6 N–H and O–H groups in total. The van der Waals surface area contributed by atoms with Crippen LogP contribution in [0.4, 0.5) is 4.79 Å². The van der Waals surface area contributed by atoms with Crippen molar-refractivity contribution in [2.45, 2.75) is 90.6 Å². The average Bonchev–Trinajstić information content (AvgIpc) is 3.52. The first kappa shape index (κ1) is 39.5. The van der Waals surface area contributed by atoms with E-state index in [9.17, 15) is 24.3 Å². The molecule has 0 saturated carbocycles. The summed E-state index contributed by atoms with van der Waals surface area (Å²) in [5.74, 6) is -1.93. The van der Waals surface area contributed by atoms with E-state index in [0.717, 1.165) is 27.8 Å². The maximum Gasteiger partial charge on any atom is 0.408 e. The number of fused-ring (bicyclic) bond motifs is 3. The average molecular weight is 765 g/mol. The molecule has 0 aliphatic heterocycles. The number of halogens is 2. The number of aryl methyl sites for hydroxylation is 1. The van der Waals surface area contributed by atoms with Crippen molar-refractivity contribution in [2.24, 2.45) is 11.8 Å². The van der Waals surface area contributed by atoms with Crippen LogP contribution in [-0.4, -0.2) is 51.5 Å². The van der Waals surface area contributed by atoms with Gasteiger partial charge >= 0.3 is 6.09 Å². The molecule has 3 aromatic carbocycles. The normalized spacial score (nSPS) is 17.5. The Labute approximate surface area is 319 Å². The first-order chi connectivity index (χ1) is 25.3. The van der Waals surface area contributed by atoms with Gasteiger partial charge in [0, 0.05) is 29.1 Å². The number of amides is 4. The molecule has 1 aliphatic carbocycles. The highest BCUT2D eigenvalue weighted by Crippen LogP contribution is 2.38. The predicted octanol–water partition coefficient (Wildman–Crippen LogP) is 6.71. The third-order valence-electron chi connectivity index (χ3n) is 10.3. The van der Waals surface area contributed by atoms with Gasteiger partial charge in [0.15, 0.2) is 0 Å². The molecular formula is C40H47Cl2N5O6. The number of hydrogen-bond acceptors (Lipinski definition) is 6. The van der Waals surface area contributed by atoms with Gasteiger partial charge in [0.25, 0.3) is 0 Å². The van der Waals surface area contributed by atoms with E-state index in [1.165, 1.54) is 12.1 Å². The van der Waals surface area contributed by atoms with Crippen LogP contribution < -0.4 is 21.3 Å². The van der Waals surface area contributed by atoms with Gasteiger partial charge < -0.3 is 36.1 Å². The molecule has 5 atom stereocenters. The number of aromatic nitrogens is 1. The van der Waals surface area contributed by atoms with Crippen molar-refractivity contribution in [3.63, 3.8) is 0 Å². The van der Waals surface area contributed by atoms with Crippen LogP contribution in [0.1, 0.15) is 69.3 Å². The maximum absolute atomic E-state index is 14.7. The highest BCUT2D eigenvalue weighted by molar-refractivity contribution is 6.38. The second-order valence-electron chi connectivity index (χ2n) is 13.9. The molecule has 13 heteroatoms. The van der Waals surface area contributed by atoms with Gasteiger partial charge in [0.2, 0.25) is 17.7 Å². The van der Waals surface area contributed by atoms with Crippen LogP contribution in [-0.2, 0) is 45.1 Å². The number of ether oxygens (including phenoxy) is 1. The number of hydrogen-bond donors (Lipinski definition) is 6. The summed E-state index contributed by atoms with van der Waals surface area (Å²) in [6, 6.07) is 17.1. The summed E-state index contributed by atoms with van der Waals surface area (Å²) in [7, 11) is 0. The number of carbonyl (C=O) groups excluding carboxylic acids is 4. The van der Waals surface area contributed by atoms with Crippen molar-refractivity contribution in [1.29, 1.82) is 0 Å². The Morgan fingerprint density at radius 1 is 0.887 bits per heavy atom. The lowest BCUT2D eigenvalue weighted by atomic mass is 9.78. The van der Waals surface area contributed by atoms with Gasteiger partial charge in [0.05, 0.1) is 10.5 Å². The number of carbonyl (C=O) groups is 4. The summed E-state index contributed by atoms with van der Waals surface area (Å²) in [5.41, 5.74) is 2.37. The Balaban J connectivity index is 1.44. The number of rotatable bonds is 14. The molecule has 4 aromatic rings. The molecule has 2 unspecified atom stereocenters. The second kappa shape index (κ2) is 17.4. The molecule has 0 radical (unpaired) electrons. The van der Waals surface area contributed by atoms with Crippen LogP contribution in [0.2, 0.25) is 10.0 Å². The molecule has 0 saturated heterocycles. The first-order valence-corrected chi connectivity index (χ1v) is 18.7. The van der Waals surface area contributed by atoms with E-state index in [1.807, 2.05) is 58.0 Å². The topological polar surface area (TPSA) is 162 Å². The lowest BCUT2D eigenvalue weighted by molar-refractivity contribution is -0.138. The Morgan fingerprint density at radius 3 is 2.21 bits per heavy atom. The smallest absolute Gasteiger partial charge is 0.408 e. The van der Waals surface area contributed by atoms with Crippen LogP contribution in [0.5, 0.6) is 5.75 Å². The molecular weight excluding hydrogens is 717 g/mol. The number of H-pyrrole nitrogens is 1. The number of nitrogens with one attached hydrogen (secondary N) is 5. The maximum atomic E-state index is 14.7. The van der Waals surface area contributed by atoms with Crippen LogP contribution in [0, 0.1) is 11.8 Å². The van der Waals surface area contributed by atoms with E-state index >= 15 is 0 Å². The zero-order chi connectivity index (χ0) is 38.3. The quantitative estimate of drug-likeness (QED) is 0.0837. The van der Waals surface area contributed by atoms with Crippen LogP contribution in [0.25, 0.3) is 10.9 Å². The van der Waals surface area contributed by atoms with Gasteiger partial charge in [-0.2, -0.15) is 0 Å². The highest BCUT2D eigenvalue weighted by Gasteiger charge is 2.47. The van der Waals surface area contributed by atoms with Gasteiger partial charge in [0.1, 0.15) is 30.0 Å². The molecule has 1 heterocycles. The monoisotopic (exact) mass is 763 g/mol. The minimum Gasteiger partial charge on any atom is -0.508 e. The molecule has 4 amide bonds. The molecule has 53 heavy (non-hydrogen) atoms. The van der Waals surface area contributed by atoms with Crippen molar-refractivity contribution in [2.75, 3.05) is 0 Å². The summed E-state index contributed by atoms with van der Waals surface area (Å²) in [6.07, 6.45) is 1.03. The molecule has 11 nitrogen and oxygen atoms in total. The molecule has 282 valence electrons. The largest absolute Gasteiger partial charge is 0.508 e. The summed E-state index contributed by atoms with van der Waals surface area (Å²) in [5, 5.41) is 22.9. The lowest BCUT2D eigenvalue weighted by Crippen LogP contribution is -2.67. The number of phenols is 1. The van der Waals surface area contributed by atoms with Gasteiger partial charge in [-0.05, 0) is 65.6 Å². The Kier molecular flexibility index (Phi) is 13.0. The van der Waals surface area contributed by atoms with Crippen molar-refractivity contribution in [1.82, 2.24) is 26.3 Å². The Hall–Kier alpha value is -4.74. The van der Waals surface area contributed by atoms with Crippen molar-refractivity contribution >= 4 is 57.9 Å². The Bertz CT molecular complexity index is 1940. The minimum atomic E-state index is -1.52. The zero-order valence-corrected chi connectivity index (χ0v) is 31.9. The van der Waals surface area contributed by atoms with Gasteiger partial charge in [-0.1, -0.05) is 106 Å². The lowest BCUT2D eigenvalue weighted by Gasteiger charge is -2.39. The van der Waals surface area contributed by atoms with Crippen LogP contribution >= 0.6 is 23.2 Å². The fourth-order valence-corrected chi connectivity index (χ4v) is 7.17. The summed E-state index contributed by atoms with van der Waals surface area (Å²) in [6.45, 7) is 7.77.